The molecule has 0 saturated carbocycles. The van der Waals surface area contributed by atoms with E-state index < -0.39 is 48.9 Å². The molecule has 12 nitrogen and oxygen atoms in total. The zero-order valence-electron chi connectivity index (χ0n) is 9.43. The molecule has 0 spiro atoms. The van der Waals surface area contributed by atoms with Gasteiger partial charge in [-0.25, -0.2) is 5.26 Å². The van der Waals surface area contributed by atoms with Gasteiger partial charge in [-0.05, 0) is 0 Å². The van der Waals surface area contributed by atoms with Crippen molar-refractivity contribution in [3.05, 3.63) is 0 Å². The average molecular weight is 360 g/mol. The van der Waals surface area contributed by atoms with E-state index in [0.717, 1.165) is 0 Å². The predicted octanol–water partition coefficient (Wildman–Crippen LogP) is -2.41. The average Bonchev–Trinajstić information content (AvgIpc) is 2.21. The van der Waals surface area contributed by atoms with Crippen LogP contribution in [-0.4, -0.2) is 68.7 Å². The summed E-state index contributed by atoms with van der Waals surface area (Å²) in [4.78, 5) is 0. The molecule has 0 saturated heterocycles. The highest BCUT2D eigenvalue weighted by atomic mass is 32.2. The lowest BCUT2D eigenvalue weighted by atomic mass is 10.0. The lowest BCUT2D eigenvalue weighted by Crippen LogP contribution is -2.53. The molecule has 0 bridgehead atoms. The van der Waals surface area contributed by atoms with Crippen molar-refractivity contribution in [2.24, 2.45) is 0 Å². The molecular formula is C5H12O12S3. The zero-order chi connectivity index (χ0) is 16.2. The summed E-state index contributed by atoms with van der Waals surface area (Å²) in [7, 11) is -10.3. The van der Waals surface area contributed by atoms with Gasteiger partial charge in [-0.15, -0.1) is 4.33 Å². The maximum absolute atomic E-state index is 10.7. The third-order valence-electron chi connectivity index (χ3n) is 1.88. The molecule has 122 valence electrons. The van der Waals surface area contributed by atoms with Crippen LogP contribution in [0.2, 0.25) is 0 Å². The van der Waals surface area contributed by atoms with Crippen LogP contribution >= 0.6 is 12.0 Å². The fourth-order valence-corrected chi connectivity index (χ4v) is 3.45. The van der Waals surface area contributed by atoms with Gasteiger partial charge in [-0.1, -0.05) is 5.04 Å². The second-order valence-corrected chi connectivity index (χ2v) is 7.40. The van der Waals surface area contributed by atoms with Gasteiger partial charge in [0.1, 0.15) is 16.8 Å². The van der Waals surface area contributed by atoms with Crippen LogP contribution in [0.4, 0.5) is 0 Å². The lowest BCUT2D eigenvalue weighted by molar-refractivity contribution is -0.432. The Labute approximate surface area is 117 Å². The van der Waals surface area contributed by atoms with Crippen LogP contribution in [0.3, 0.4) is 0 Å². The summed E-state index contributed by atoms with van der Waals surface area (Å²) in [6.45, 7) is 0. The molecule has 0 aromatic heterocycles. The highest BCUT2D eigenvalue weighted by Gasteiger charge is 2.48. The minimum absolute atomic E-state index is 0.0834. The van der Waals surface area contributed by atoms with E-state index >= 15 is 0 Å². The van der Waals surface area contributed by atoms with Crippen molar-refractivity contribution in [3.8, 4) is 0 Å². The summed E-state index contributed by atoms with van der Waals surface area (Å²) in [6, 6.07) is 0. The lowest BCUT2D eigenvalue weighted by Gasteiger charge is -2.30. The van der Waals surface area contributed by atoms with E-state index in [1.807, 2.05) is 0 Å². The molecule has 0 rings (SSSR count). The quantitative estimate of drug-likeness (QED) is 0.0833. The normalized spacial score (nSPS) is 19.3. The summed E-state index contributed by atoms with van der Waals surface area (Å²) in [6.07, 6.45) is -1.19. The van der Waals surface area contributed by atoms with Crippen molar-refractivity contribution in [1.82, 2.24) is 0 Å². The van der Waals surface area contributed by atoms with Crippen molar-refractivity contribution in [2.45, 2.75) is 22.9 Å². The van der Waals surface area contributed by atoms with Crippen molar-refractivity contribution in [3.63, 3.8) is 0 Å². The summed E-state index contributed by atoms with van der Waals surface area (Å²) in [5, 5.41) is 39.1. The SMILES string of the molecule is O=S(=O)(O)CC(O)(CC(O)SOOO)C(O)S(=O)(=O)O. The van der Waals surface area contributed by atoms with E-state index in [-0.39, 0.29) is 12.0 Å². The van der Waals surface area contributed by atoms with E-state index in [4.69, 9.17) is 14.4 Å². The first-order chi connectivity index (χ1) is 8.82. The molecule has 0 radical (unpaired) electrons. The molecule has 15 heteroatoms. The first kappa shape index (κ1) is 19.9. The van der Waals surface area contributed by atoms with Crippen LogP contribution in [0.5, 0.6) is 0 Å². The molecule has 3 unspecified atom stereocenters. The first-order valence-corrected chi connectivity index (χ1v) is 8.37. The summed E-state index contributed by atoms with van der Waals surface area (Å²) in [5.41, 5.74) is -8.10. The van der Waals surface area contributed by atoms with E-state index in [1.165, 1.54) is 0 Å². The minimum Gasteiger partial charge on any atom is -0.385 e. The monoisotopic (exact) mass is 360 g/mol. The largest absolute Gasteiger partial charge is 0.385 e. The fraction of sp³-hybridized carbons (Fsp3) is 1.00. The van der Waals surface area contributed by atoms with Crippen LogP contribution in [0, 0.1) is 0 Å². The van der Waals surface area contributed by atoms with Gasteiger partial charge in [0.25, 0.3) is 20.2 Å². The minimum atomic E-state index is -5.31. The molecule has 0 aliphatic carbocycles. The molecule has 0 amide bonds. The van der Waals surface area contributed by atoms with E-state index in [2.05, 4.69) is 9.37 Å². The third-order valence-corrected chi connectivity index (χ3v) is 4.28. The maximum atomic E-state index is 10.7. The molecule has 0 aromatic rings. The highest BCUT2D eigenvalue weighted by Crippen LogP contribution is 2.27. The molecule has 20 heavy (non-hydrogen) atoms. The van der Waals surface area contributed by atoms with Crippen molar-refractivity contribution >= 4 is 32.3 Å². The van der Waals surface area contributed by atoms with Crippen molar-refractivity contribution in [2.75, 3.05) is 5.75 Å². The number of rotatable bonds is 9. The van der Waals surface area contributed by atoms with Crippen molar-refractivity contribution < 1.29 is 55.9 Å². The van der Waals surface area contributed by atoms with E-state index in [0.29, 0.717) is 0 Å². The number of aliphatic hydroxyl groups excluding tert-OH is 2. The van der Waals surface area contributed by atoms with E-state index in [9.17, 15) is 32.2 Å². The molecule has 0 aromatic carbocycles. The maximum Gasteiger partial charge on any atom is 0.295 e. The Hall–Kier alpha value is -0.0700. The summed E-state index contributed by atoms with van der Waals surface area (Å²) in [5.74, 6) is -1.71. The first-order valence-electron chi connectivity index (χ1n) is 4.45. The highest BCUT2D eigenvalue weighted by molar-refractivity contribution is 7.95. The second-order valence-electron chi connectivity index (χ2n) is 3.59. The van der Waals surface area contributed by atoms with Gasteiger partial charge in [0.05, 0.1) is 12.0 Å². The Morgan fingerprint density at radius 2 is 1.65 bits per heavy atom. The number of hydrogen-bond acceptors (Lipinski definition) is 11. The number of hydrogen-bond donors (Lipinski definition) is 6. The molecular weight excluding hydrogens is 348 g/mol. The van der Waals surface area contributed by atoms with Gasteiger partial charge in [-0.3, -0.25) is 9.11 Å². The Balaban J connectivity index is 5.27. The van der Waals surface area contributed by atoms with Crippen LogP contribution in [-0.2, 0) is 29.6 Å². The second kappa shape index (κ2) is 7.27. The molecule has 6 N–H and O–H groups in total. The molecule has 0 fully saturated rings. The van der Waals surface area contributed by atoms with Gasteiger partial charge in [0.2, 0.25) is 5.44 Å². The molecule has 0 aliphatic heterocycles. The Morgan fingerprint density at radius 1 is 1.15 bits per heavy atom. The van der Waals surface area contributed by atoms with Crippen LogP contribution < -0.4 is 0 Å². The van der Waals surface area contributed by atoms with Gasteiger partial charge in [-0.2, -0.15) is 16.8 Å². The molecule has 3 atom stereocenters. The summed E-state index contributed by atoms with van der Waals surface area (Å²) < 4.78 is 63.8. The van der Waals surface area contributed by atoms with Crippen LogP contribution in [0.25, 0.3) is 0 Å². The summed E-state index contributed by atoms with van der Waals surface area (Å²) >= 11 is -0.0834. The predicted molar refractivity (Wildman–Crippen MR) is 61.9 cm³/mol. The van der Waals surface area contributed by atoms with Gasteiger partial charge in [0, 0.05) is 6.42 Å². The third kappa shape index (κ3) is 7.09. The standard InChI is InChI=1S/C5H12O12S3/c6-3(18-17-16-9)1-5(8,2-19(10,11)12)4(7)20(13,14)15/h3-4,6-9H,1-2H2,(H,10,11,12)(H,13,14,15). The Kier molecular flexibility index (Phi) is 7.25. The Bertz CT molecular complexity index is 497. The topological polar surface area (TPSA) is 208 Å². The molecule has 0 aliphatic rings. The fourth-order valence-electron chi connectivity index (χ4n) is 1.22. The molecule has 0 heterocycles. The zero-order valence-corrected chi connectivity index (χ0v) is 11.9. The van der Waals surface area contributed by atoms with Crippen LogP contribution in [0.1, 0.15) is 6.42 Å². The Morgan fingerprint density at radius 3 is 2.00 bits per heavy atom. The van der Waals surface area contributed by atoms with Gasteiger partial charge in [0.15, 0.2) is 0 Å². The number of aliphatic hydroxyl groups is 3. The van der Waals surface area contributed by atoms with Crippen LogP contribution in [0.15, 0.2) is 0 Å². The van der Waals surface area contributed by atoms with E-state index in [1.54, 1.807) is 0 Å². The van der Waals surface area contributed by atoms with Crippen molar-refractivity contribution in [1.29, 1.82) is 0 Å². The van der Waals surface area contributed by atoms with Gasteiger partial charge < -0.3 is 15.3 Å². The van der Waals surface area contributed by atoms with Gasteiger partial charge >= 0.3 is 0 Å². The smallest absolute Gasteiger partial charge is 0.295 e.